The van der Waals surface area contributed by atoms with E-state index in [0.29, 0.717) is 0 Å². The monoisotopic (exact) mass is 101 g/mol. The van der Waals surface area contributed by atoms with E-state index in [1.165, 1.54) is 4.57 Å². The van der Waals surface area contributed by atoms with Crippen LogP contribution in [-0.4, -0.2) is 4.98 Å². The highest BCUT2D eigenvalue weighted by molar-refractivity contribution is 4.54. The van der Waals surface area contributed by atoms with E-state index in [0.717, 1.165) is 0 Å². The van der Waals surface area contributed by atoms with Crippen LogP contribution in [0.3, 0.4) is 0 Å². The number of H-pyrrole nitrogens is 1. The third-order valence-electron chi connectivity index (χ3n) is 0.741. The Morgan fingerprint density at radius 2 is 2.57 bits per heavy atom. The maximum Gasteiger partial charge on any atom is 0.243 e. The molecule has 0 radical (unpaired) electrons. The molecule has 1 heterocycles. The molecule has 3 heteroatoms. The fourth-order valence-corrected chi connectivity index (χ4v) is 0.395. The van der Waals surface area contributed by atoms with Crippen LogP contribution in [-0.2, 0) is 6.80 Å². The molecule has 0 aliphatic carbocycles. The zero-order valence-electron chi connectivity index (χ0n) is 3.76. The molecule has 0 fully saturated rings. The van der Waals surface area contributed by atoms with Crippen LogP contribution >= 0.6 is 0 Å². The van der Waals surface area contributed by atoms with Gasteiger partial charge in [0.05, 0.1) is 0 Å². The molecule has 0 aliphatic heterocycles. The van der Waals surface area contributed by atoms with Crippen molar-refractivity contribution in [1.82, 2.24) is 4.98 Å². The smallest absolute Gasteiger partial charge is 0.243 e. The Hall–Kier alpha value is -0.860. The van der Waals surface area contributed by atoms with Crippen molar-refractivity contribution in [3.05, 3.63) is 18.7 Å². The van der Waals surface area contributed by atoms with Crippen molar-refractivity contribution in [1.29, 1.82) is 0 Å². The van der Waals surface area contributed by atoms with Crippen LogP contribution in [0.25, 0.3) is 0 Å². The molecule has 0 saturated heterocycles. The quantitative estimate of drug-likeness (QED) is 0.488. The summed E-state index contributed by atoms with van der Waals surface area (Å²) in [5.41, 5.74) is 0. The molecule has 1 aromatic rings. The number of nitrogens with zero attached hydrogens (tertiary/aromatic N) is 1. The number of nitrogens with one attached hydrogen (secondary N) is 1. The molecule has 0 atom stereocenters. The lowest BCUT2D eigenvalue weighted by Crippen LogP contribution is -2.27. The summed E-state index contributed by atoms with van der Waals surface area (Å²) in [6.45, 7) is -0.455. The number of aromatic nitrogens is 2. The number of alkyl halides is 1. The summed E-state index contributed by atoms with van der Waals surface area (Å²) in [6, 6.07) is 0. The highest BCUT2D eigenvalue weighted by atomic mass is 19.1. The van der Waals surface area contributed by atoms with Crippen molar-refractivity contribution in [3.8, 4) is 0 Å². The molecule has 1 aromatic heterocycles. The average Bonchev–Trinajstić information content (AvgIpc) is 2.14. The lowest BCUT2D eigenvalue weighted by Gasteiger charge is -1.75. The highest BCUT2D eigenvalue weighted by Gasteiger charge is 1.88. The largest absolute Gasteiger partial charge is 0.250 e. The maximum atomic E-state index is 11.5. The number of halogens is 1. The molecular formula is C4H6FN2+. The average molecular weight is 101 g/mol. The first-order chi connectivity index (χ1) is 3.43. The van der Waals surface area contributed by atoms with Crippen LogP contribution in [0, 0.1) is 0 Å². The van der Waals surface area contributed by atoms with Crippen molar-refractivity contribution in [3.63, 3.8) is 0 Å². The first-order valence-electron chi connectivity index (χ1n) is 2.01. The molecule has 0 unspecified atom stereocenters. The molecule has 1 N–H and O–H groups in total. The Bertz CT molecular complexity index is 124. The molecule has 38 valence electrons. The molecule has 0 aromatic carbocycles. The van der Waals surface area contributed by atoms with E-state index in [1.807, 2.05) is 0 Å². The second kappa shape index (κ2) is 1.73. The molecule has 0 amide bonds. The minimum Gasteiger partial charge on any atom is -0.250 e. The fourth-order valence-electron chi connectivity index (χ4n) is 0.395. The lowest BCUT2D eigenvalue weighted by atomic mass is 10.9. The van der Waals surface area contributed by atoms with Gasteiger partial charge in [-0.05, 0) is 0 Å². The Balaban J connectivity index is 2.76. The highest BCUT2D eigenvalue weighted by Crippen LogP contribution is 1.68. The third kappa shape index (κ3) is 0.765. The van der Waals surface area contributed by atoms with Crippen LogP contribution in [0.15, 0.2) is 18.7 Å². The van der Waals surface area contributed by atoms with E-state index < -0.39 is 6.80 Å². The van der Waals surface area contributed by atoms with Gasteiger partial charge in [0.15, 0.2) is 0 Å². The molecule has 0 bridgehead atoms. The second-order valence-corrected chi connectivity index (χ2v) is 1.25. The van der Waals surface area contributed by atoms with E-state index in [-0.39, 0.29) is 0 Å². The topological polar surface area (TPSA) is 19.7 Å². The van der Waals surface area contributed by atoms with Gasteiger partial charge in [-0.1, -0.05) is 0 Å². The van der Waals surface area contributed by atoms with Crippen LogP contribution < -0.4 is 4.57 Å². The van der Waals surface area contributed by atoms with E-state index in [4.69, 9.17) is 0 Å². The Kier molecular flexibility index (Phi) is 1.06. The SMILES string of the molecule is FC[n+]1cc[nH]c1. The van der Waals surface area contributed by atoms with Crippen molar-refractivity contribution < 1.29 is 8.96 Å². The predicted molar refractivity (Wildman–Crippen MR) is 22.1 cm³/mol. The zero-order chi connectivity index (χ0) is 5.11. The van der Waals surface area contributed by atoms with Crippen molar-refractivity contribution in [2.45, 2.75) is 6.80 Å². The number of hydrogen-bond donors (Lipinski definition) is 1. The molecule has 0 spiro atoms. The minimum absolute atomic E-state index is 0.455. The summed E-state index contributed by atoms with van der Waals surface area (Å²) in [5.74, 6) is 0. The Morgan fingerprint density at radius 3 is 2.86 bits per heavy atom. The van der Waals surface area contributed by atoms with Crippen LogP contribution in [0.2, 0.25) is 0 Å². The zero-order valence-corrected chi connectivity index (χ0v) is 3.76. The van der Waals surface area contributed by atoms with E-state index in [9.17, 15) is 4.39 Å². The first-order valence-corrected chi connectivity index (χ1v) is 2.01. The summed E-state index contributed by atoms with van der Waals surface area (Å²) in [5, 5.41) is 0. The molecule has 1 rings (SSSR count). The Morgan fingerprint density at radius 1 is 1.71 bits per heavy atom. The fraction of sp³-hybridized carbons (Fsp3) is 0.250. The van der Waals surface area contributed by atoms with Gasteiger partial charge in [-0.25, -0.2) is 8.96 Å². The van der Waals surface area contributed by atoms with Gasteiger partial charge in [0.1, 0.15) is 12.4 Å². The number of imidazole rings is 1. The van der Waals surface area contributed by atoms with Gasteiger partial charge in [0, 0.05) is 0 Å². The normalized spacial score (nSPS) is 9.29. The van der Waals surface area contributed by atoms with Crippen LogP contribution in [0.1, 0.15) is 0 Å². The lowest BCUT2D eigenvalue weighted by molar-refractivity contribution is -0.717. The van der Waals surface area contributed by atoms with Gasteiger partial charge in [0.2, 0.25) is 13.1 Å². The summed E-state index contributed by atoms with van der Waals surface area (Å²) >= 11 is 0. The van der Waals surface area contributed by atoms with Crippen LogP contribution in [0.4, 0.5) is 4.39 Å². The molecular weight excluding hydrogens is 95.1 g/mol. The summed E-state index contributed by atoms with van der Waals surface area (Å²) in [4.78, 5) is 2.70. The summed E-state index contributed by atoms with van der Waals surface area (Å²) in [6.07, 6.45) is 4.85. The van der Waals surface area contributed by atoms with Crippen molar-refractivity contribution in [2.24, 2.45) is 0 Å². The second-order valence-electron chi connectivity index (χ2n) is 1.25. The minimum atomic E-state index is -0.455. The van der Waals surface area contributed by atoms with E-state index in [1.54, 1.807) is 18.7 Å². The molecule has 0 aliphatic rings. The van der Waals surface area contributed by atoms with Gasteiger partial charge in [-0.2, -0.15) is 0 Å². The molecule has 0 saturated carbocycles. The van der Waals surface area contributed by atoms with Crippen LogP contribution in [0.5, 0.6) is 0 Å². The number of aromatic amines is 1. The van der Waals surface area contributed by atoms with E-state index in [2.05, 4.69) is 4.98 Å². The van der Waals surface area contributed by atoms with Gasteiger partial charge in [-0.3, -0.25) is 4.98 Å². The number of hydrogen-bond acceptors (Lipinski definition) is 0. The summed E-state index contributed by atoms with van der Waals surface area (Å²) in [7, 11) is 0. The molecule has 7 heavy (non-hydrogen) atoms. The van der Waals surface area contributed by atoms with Gasteiger partial charge >= 0.3 is 0 Å². The van der Waals surface area contributed by atoms with Gasteiger partial charge in [-0.15, -0.1) is 0 Å². The maximum absolute atomic E-state index is 11.5. The standard InChI is InChI=1S/C4H5FN2/c5-3-7-2-1-6-4-7/h1-2,4H,3H2/p+1. The van der Waals surface area contributed by atoms with E-state index >= 15 is 0 Å². The van der Waals surface area contributed by atoms with Gasteiger partial charge < -0.3 is 0 Å². The predicted octanol–water partition coefficient (Wildman–Crippen LogP) is 0.229. The third-order valence-corrected chi connectivity index (χ3v) is 0.741. The first kappa shape index (κ1) is 4.30. The van der Waals surface area contributed by atoms with Crippen molar-refractivity contribution >= 4 is 0 Å². The number of rotatable bonds is 1. The van der Waals surface area contributed by atoms with Gasteiger partial charge in [0.25, 0.3) is 0 Å². The molecule has 2 nitrogen and oxygen atoms in total. The summed E-state index contributed by atoms with van der Waals surface area (Å²) < 4.78 is 12.9. The van der Waals surface area contributed by atoms with Crippen molar-refractivity contribution in [2.75, 3.05) is 0 Å². The Labute approximate surface area is 40.6 Å².